The van der Waals surface area contributed by atoms with E-state index >= 15 is 0 Å². The molecule has 0 saturated carbocycles. The minimum Gasteiger partial charge on any atom is -0.325 e. The van der Waals surface area contributed by atoms with Crippen LogP contribution in [0.4, 0.5) is 5.69 Å². The summed E-state index contributed by atoms with van der Waals surface area (Å²) in [5.41, 5.74) is 1.55. The molecule has 1 amide bonds. The fraction of sp³-hybridized carbons (Fsp3) is 0.200. The number of aryl methyl sites for hydroxylation is 2. The van der Waals surface area contributed by atoms with E-state index < -0.39 is 15.7 Å². The van der Waals surface area contributed by atoms with Crippen LogP contribution in [0, 0.1) is 0 Å². The van der Waals surface area contributed by atoms with E-state index in [2.05, 4.69) is 5.32 Å². The first kappa shape index (κ1) is 23.8. The lowest BCUT2D eigenvalue weighted by Gasteiger charge is -2.14. The highest BCUT2D eigenvalue weighted by molar-refractivity contribution is 7.91. The Bertz CT molecular complexity index is 1540. The second-order valence-electron chi connectivity index (χ2n) is 7.74. The van der Waals surface area contributed by atoms with Crippen LogP contribution in [0.2, 0.25) is 5.02 Å². The zero-order valence-corrected chi connectivity index (χ0v) is 20.4. The first-order valence-corrected chi connectivity index (χ1v) is 12.7. The van der Waals surface area contributed by atoms with Crippen molar-refractivity contribution in [2.45, 2.75) is 43.1 Å². The van der Waals surface area contributed by atoms with Gasteiger partial charge in [-0.05, 0) is 49.7 Å². The molecule has 0 atom stereocenters. The van der Waals surface area contributed by atoms with Gasteiger partial charge in [0, 0.05) is 18.1 Å². The number of carbonyl (C=O) groups is 1. The maximum Gasteiger partial charge on any atom is 0.329 e. The summed E-state index contributed by atoms with van der Waals surface area (Å²) in [7, 11) is -3.99. The van der Waals surface area contributed by atoms with Crippen LogP contribution in [-0.4, -0.2) is 23.5 Å². The van der Waals surface area contributed by atoms with Crippen molar-refractivity contribution in [1.29, 1.82) is 0 Å². The van der Waals surface area contributed by atoms with E-state index in [1.54, 1.807) is 53.1 Å². The third-order valence-corrected chi connectivity index (χ3v) is 7.86. The lowest BCUT2D eigenvalue weighted by Crippen LogP contribution is -2.23. The number of aromatic nitrogens is 2. The van der Waals surface area contributed by atoms with E-state index in [-0.39, 0.29) is 27.6 Å². The smallest absolute Gasteiger partial charge is 0.325 e. The zero-order chi connectivity index (χ0) is 24.5. The van der Waals surface area contributed by atoms with Gasteiger partial charge in [0.15, 0.2) is 0 Å². The van der Waals surface area contributed by atoms with E-state index in [4.69, 9.17) is 11.6 Å². The summed E-state index contributed by atoms with van der Waals surface area (Å²) in [6.07, 6.45) is -0.0287. The first-order chi connectivity index (χ1) is 16.3. The lowest BCUT2D eigenvalue weighted by atomic mass is 10.1. The number of halogens is 1. The van der Waals surface area contributed by atoms with Gasteiger partial charge in [0.1, 0.15) is 0 Å². The Labute approximate surface area is 202 Å². The van der Waals surface area contributed by atoms with Gasteiger partial charge in [-0.2, -0.15) is 0 Å². The predicted molar refractivity (Wildman–Crippen MR) is 133 cm³/mol. The quantitative estimate of drug-likeness (QED) is 0.406. The van der Waals surface area contributed by atoms with Crippen LogP contribution in [-0.2, 0) is 34.1 Å². The number of nitrogens with zero attached hydrogens (tertiary/aromatic N) is 2. The minimum absolute atomic E-state index is 0.0287. The number of fused-ring (bicyclic) bond motifs is 1. The maximum absolute atomic E-state index is 13.6. The molecular weight excluding hydrogens is 474 g/mol. The predicted octanol–water partition coefficient (Wildman–Crippen LogP) is 4.51. The number of rotatable bonds is 7. The van der Waals surface area contributed by atoms with Crippen molar-refractivity contribution in [3.05, 3.63) is 87.8 Å². The van der Waals surface area contributed by atoms with E-state index in [9.17, 15) is 18.0 Å². The Balaban J connectivity index is 1.89. The lowest BCUT2D eigenvalue weighted by molar-refractivity contribution is -0.115. The zero-order valence-electron chi connectivity index (χ0n) is 18.8. The molecular formula is C25H24ClN3O4S. The van der Waals surface area contributed by atoms with Crippen LogP contribution in [0.3, 0.4) is 0 Å². The molecule has 0 radical (unpaired) electrons. The number of amides is 1. The summed E-state index contributed by atoms with van der Waals surface area (Å²) < 4.78 is 30.3. The van der Waals surface area contributed by atoms with Gasteiger partial charge in [-0.25, -0.2) is 13.2 Å². The second kappa shape index (κ2) is 9.48. The molecule has 1 aromatic heterocycles. The van der Waals surface area contributed by atoms with Crippen molar-refractivity contribution >= 4 is 44.1 Å². The molecule has 7 nitrogen and oxygen atoms in total. The molecule has 0 aliphatic heterocycles. The third kappa shape index (κ3) is 4.26. The van der Waals surface area contributed by atoms with Crippen LogP contribution >= 0.6 is 11.6 Å². The molecule has 0 bridgehead atoms. The normalized spacial score (nSPS) is 11.6. The minimum atomic E-state index is -3.99. The van der Waals surface area contributed by atoms with Crippen LogP contribution in [0.1, 0.15) is 19.4 Å². The second-order valence-corrected chi connectivity index (χ2v) is 10.1. The molecule has 3 aromatic carbocycles. The van der Waals surface area contributed by atoms with Gasteiger partial charge >= 0.3 is 5.69 Å². The summed E-state index contributed by atoms with van der Waals surface area (Å²) in [4.78, 5) is 25.8. The Morgan fingerprint density at radius 3 is 2.12 bits per heavy atom. The Morgan fingerprint density at radius 1 is 0.912 bits per heavy atom. The van der Waals surface area contributed by atoms with Gasteiger partial charge < -0.3 is 5.32 Å². The van der Waals surface area contributed by atoms with Crippen LogP contribution in [0.25, 0.3) is 11.0 Å². The van der Waals surface area contributed by atoms with Crippen molar-refractivity contribution in [1.82, 2.24) is 9.13 Å². The molecule has 9 heteroatoms. The molecule has 34 heavy (non-hydrogen) atoms. The monoisotopic (exact) mass is 497 g/mol. The number of hydrogen-bond donors (Lipinski definition) is 1. The number of nitrogens with one attached hydrogen (secondary N) is 1. The van der Waals surface area contributed by atoms with Crippen LogP contribution in [0.5, 0.6) is 0 Å². The Morgan fingerprint density at radius 2 is 1.50 bits per heavy atom. The van der Waals surface area contributed by atoms with Crippen LogP contribution < -0.4 is 11.0 Å². The van der Waals surface area contributed by atoms with Gasteiger partial charge in [0.25, 0.3) is 0 Å². The van der Waals surface area contributed by atoms with Gasteiger partial charge in [0.05, 0.1) is 32.9 Å². The number of benzene rings is 3. The fourth-order valence-electron chi connectivity index (χ4n) is 4.01. The third-order valence-electron chi connectivity index (χ3n) is 5.68. The number of anilines is 1. The summed E-state index contributed by atoms with van der Waals surface area (Å²) >= 11 is 6.19. The Hall–Kier alpha value is -3.36. The number of carbonyl (C=O) groups excluding carboxylic acids is 1. The van der Waals surface area contributed by atoms with Gasteiger partial charge in [-0.15, -0.1) is 0 Å². The maximum atomic E-state index is 13.6. The molecule has 0 aliphatic carbocycles. The number of sulfone groups is 1. The number of hydrogen-bond acceptors (Lipinski definition) is 4. The summed E-state index contributed by atoms with van der Waals surface area (Å²) in [5.74, 6) is -0.419. The molecule has 0 unspecified atom stereocenters. The van der Waals surface area contributed by atoms with Crippen LogP contribution in [0.15, 0.2) is 81.3 Å². The molecule has 0 aliphatic rings. The van der Waals surface area contributed by atoms with E-state index in [1.807, 2.05) is 13.8 Å². The summed E-state index contributed by atoms with van der Waals surface area (Å²) in [5, 5.41) is 3.20. The molecule has 0 fully saturated rings. The average molecular weight is 498 g/mol. The summed E-state index contributed by atoms with van der Waals surface area (Å²) in [6, 6.07) is 18.0. The van der Waals surface area contributed by atoms with Crippen molar-refractivity contribution in [3.8, 4) is 0 Å². The molecule has 1 heterocycles. The highest BCUT2D eigenvalue weighted by atomic mass is 35.5. The molecule has 4 rings (SSSR count). The van der Waals surface area contributed by atoms with Crippen molar-refractivity contribution < 1.29 is 13.2 Å². The van der Waals surface area contributed by atoms with Crippen molar-refractivity contribution in [2.24, 2.45) is 0 Å². The fourth-order valence-corrected chi connectivity index (χ4v) is 5.65. The highest BCUT2D eigenvalue weighted by Gasteiger charge is 2.25. The number of imidazole rings is 1. The molecule has 1 N–H and O–H groups in total. The van der Waals surface area contributed by atoms with Crippen molar-refractivity contribution in [3.63, 3.8) is 0 Å². The van der Waals surface area contributed by atoms with Gasteiger partial charge in [0.2, 0.25) is 15.7 Å². The van der Waals surface area contributed by atoms with Crippen molar-refractivity contribution in [2.75, 3.05) is 5.32 Å². The molecule has 176 valence electrons. The van der Waals surface area contributed by atoms with Gasteiger partial charge in [-0.1, -0.05) is 48.0 Å². The topological polar surface area (TPSA) is 90.2 Å². The molecule has 0 saturated heterocycles. The molecule has 4 aromatic rings. The SMILES string of the molecule is CCn1c(=O)n(CC)c2cc(S(=O)(=O)c3ccccc3)c(NC(=O)Cc3ccccc3Cl)cc21. The van der Waals surface area contributed by atoms with E-state index in [1.165, 1.54) is 22.8 Å². The van der Waals surface area contributed by atoms with Gasteiger partial charge in [-0.3, -0.25) is 13.9 Å². The van der Waals surface area contributed by atoms with E-state index in [0.29, 0.717) is 34.7 Å². The first-order valence-electron chi connectivity index (χ1n) is 10.9. The summed E-state index contributed by atoms with van der Waals surface area (Å²) in [6.45, 7) is 4.45. The Kier molecular flexibility index (Phi) is 6.63. The van der Waals surface area contributed by atoms with E-state index in [0.717, 1.165) is 0 Å². The molecule has 0 spiro atoms. The standard InChI is InChI=1S/C25H24ClN3O4S/c1-3-28-21-15-20(27-24(30)14-17-10-8-9-13-19(17)26)23(16-22(21)29(4-2)25(28)31)34(32,33)18-11-6-5-7-12-18/h5-13,15-16H,3-4,14H2,1-2H3,(H,27,30). The highest BCUT2D eigenvalue weighted by Crippen LogP contribution is 2.32. The largest absolute Gasteiger partial charge is 0.329 e. The average Bonchev–Trinajstić information content (AvgIpc) is 3.09.